The van der Waals surface area contributed by atoms with Crippen molar-refractivity contribution < 1.29 is 5.11 Å². The van der Waals surface area contributed by atoms with Gasteiger partial charge in [0.25, 0.3) is 0 Å². The normalized spacial score (nSPS) is 10.5. The molecule has 1 aromatic carbocycles. The Morgan fingerprint density at radius 1 is 1.36 bits per heavy atom. The summed E-state index contributed by atoms with van der Waals surface area (Å²) >= 11 is 1.91. The molecular weight excluding hydrogens is 192 g/mol. The highest BCUT2D eigenvalue weighted by molar-refractivity contribution is 7.99. The molecule has 2 heteroatoms. The van der Waals surface area contributed by atoms with Gasteiger partial charge in [0.2, 0.25) is 0 Å². The van der Waals surface area contributed by atoms with Gasteiger partial charge >= 0.3 is 0 Å². The van der Waals surface area contributed by atoms with E-state index in [1.165, 1.54) is 29.1 Å². The van der Waals surface area contributed by atoms with Crippen LogP contribution in [-0.2, 0) is 6.61 Å². The number of thioether (sulfide) groups is 1. The number of aliphatic hydroxyl groups is 1. The minimum atomic E-state index is 0.140. The molecule has 0 unspecified atom stereocenters. The van der Waals surface area contributed by atoms with Crippen LogP contribution in [0.25, 0.3) is 0 Å². The van der Waals surface area contributed by atoms with Crippen molar-refractivity contribution in [3.63, 3.8) is 0 Å². The quantitative estimate of drug-likeness (QED) is 0.594. The predicted octanol–water partition coefficient (Wildman–Crippen LogP) is 3.38. The van der Waals surface area contributed by atoms with E-state index < -0.39 is 0 Å². The molecule has 0 aromatic heterocycles. The largest absolute Gasteiger partial charge is 0.392 e. The standard InChI is InChI=1S/C12H18OS/c1-3-4-7-14-12-6-5-11(9-13)8-10(12)2/h5-6,8,13H,3-4,7,9H2,1-2H3. The van der Waals surface area contributed by atoms with Gasteiger partial charge in [-0.25, -0.2) is 0 Å². The van der Waals surface area contributed by atoms with Crippen LogP contribution >= 0.6 is 11.8 Å². The molecule has 78 valence electrons. The Labute approximate surface area is 90.5 Å². The van der Waals surface area contributed by atoms with Crippen molar-refractivity contribution in [2.75, 3.05) is 5.75 Å². The highest BCUT2D eigenvalue weighted by Gasteiger charge is 1.99. The Hall–Kier alpha value is -0.470. The van der Waals surface area contributed by atoms with E-state index in [2.05, 4.69) is 26.0 Å². The van der Waals surface area contributed by atoms with E-state index in [4.69, 9.17) is 5.11 Å². The van der Waals surface area contributed by atoms with Gasteiger partial charge in [0.05, 0.1) is 6.61 Å². The van der Waals surface area contributed by atoms with Crippen LogP contribution < -0.4 is 0 Å². The van der Waals surface area contributed by atoms with E-state index in [9.17, 15) is 0 Å². The molecule has 0 aliphatic carbocycles. The average Bonchev–Trinajstić information content (AvgIpc) is 2.20. The highest BCUT2D eigenvalue weighted by atomic mass is 32.2. The maximum absolute atomic E-state index is 8.96. The van der Waals surface area contributed by atoms with Crippen molar-refractivity contribution in [3.05, 3.63) is 29.3 Å². The minimum absolute atomic E-state index is 0.140. The van der Waals surface area contributed by atoms with E-state index in [0.717, 1.165) is 5.56 Å². The first kappa shape index (κ1) is 11.6. The summed E-state index contributed by atoms with van der Waals surface area (Å²) in [6.45, 7) is 4.45. The molecule has 0 spiro atoms. The van der Waals surface area contributed by atoms with Crippen molar-refractivity contribution in [2.24, 2.45) is 0 Å². The van der Waals surface area contributed by atoms with E-state index in [0.29, 0.717) is 0 Å². The number of hydrogen-bond acceptors (Lipinski definition) is 2. The van der Waals surface area contributed by atoms with Crippen molar-refractivity contribution in [3.8, 4) is 0 Å². The van der Waals surface area contributed by atoms with Gasteiger partial charge in [-0.3, -0.25) is 0 Å². The van der Waals surface area contributed by atoms with Gasteiger partial charge in [0.15, 0.2) is 0 Å². The summed E-state index contributed by atoms with van der Waals surface area (Å²) in [5.74, 6) is 1.19. The topological polar surface area (TPSA) is 20.2 Å². The van der Waals surface area contributed by atoms with Crippen molar-refractivity contribution in [1.82, 2.24) is 0 Å². The van der Waals surface area contributed by atoms with Gasteiger partial charge in [-0.1, -0.05) is 25.5 Å². The van der Waals surface area contributed by atoms with E-state index in [1.54, 1.807) is 0 Å². The summed E-state index contributed by atoms with van der Waals surface area (Å²) in [6.07, 6.45) is 2.52. The number of rotatable bonds is 5. The van der Waals surface area contributed by atoms with Crippen LogP contribution in [0.4, 0.5) is 0 Å². The summed E-state index contributed by atoms with van der Waals surface area (Å²) < 4.78 is 0. The van der Waals surface area contributed by atoms with Crippen LogP contribution in [-0.4, -0.2) is 10.9 Å². The smallest absolute Gasteiger partial charge is 0.0681 e. The third-order valence-electron chi connectivity index (χ3n) is 2.18. The van der Waals surface area contributed by atoms with E-state index >= 15 is 0 Å². The first-order valence-corrected chi connectivity index (χ1v) is 6.09. The van der Waals surface area contributed by atoms with Gasteiger partial charge in [0.1, 0.15) is 0 Å². The van der Waals surface area contributed by atoms with Crippen LogP contribution in [0.5, 0.6) is 0 Å². The lowest BCUT2D eigenvalue weighted by Crippen LogP contribution is -1.87. The van der Waals surface area contributed by atoms with Gasteiger partial charge < -0.3 is 5.11 Å². The lowest BCUT2D eigenvalue weighted by Gasteiger charge is -2.06. The molecular formula is C12H18OS. The average molecular weight is 210 g/mol. The fourth-order valence-electron chi connectivity index (χ4n) is 1.30. The van der Waals surface area contributed by atoms with Crippen LogP contribution in [0, 0.1) is 6.92 Å². The number of hydrogen-bond donors (Lipinski definition) is 1. The lowest BCUT2D eigenvalue weighted by atomic mass is 10.1. The Kier molecular flexibility index (Phi) is 5.05. The molecule has 0 amide bonds. The van der Waals surface area contributed by atoms with Crippen molar-refractivity contribution in [2.45, 2.75) is 38.2 Å². The van der Waals surface area contributed by atoms with Crippen molar-refractivity contribution >= 4 is 11.8 Å². The zero-order valence-corrected chi connectivity index (χ0v) is 9.73. The molecule has 1 aromatic rings. The monoisotopic (exact) mass is 210 g/mol. The summed E-state index contributed by atoms with van der Waals surface area (Å²) in [5.41, 5.74) is 2.28. The Morgan fingerprint density at radius 2 is 2.14 bits per heavy atom. The zero-order valence-electron chi connectivity index (χ0n) is 8.92. The Balaban J connectivity index is 2.59. The molecule has 0 bridgehead atoms. The lowest BCUT2D eigenvalue weighted by molar-refractivity contribution is 0.281. The number of aliphatic hydroxyl groups excluding tert-OH is 1. The molecule has 1 nitrogen and oxygen atoms in total. The summed E-state index contributed by atoms with van der Waals surface area (Å²) in [7, 11) is 0. The number of benzene rings is 1. The van der Waals surface area contributed by atoms with E-state index in [-0.39, 0.29) is 6.61 Å². The molecule has 14 heavy (non-hydrogen) atoms. The molecule has 0 saturated heterocycles. The zero-order chi connectivity index (χ0) is 10.4. The second-order valence-corrected chi connectivity index (χ2v) is 4.60. The molecule has 1 rings (SSSR count). The first-order chi connectivity index (χ1) is 6.77. The number of aryl methyl sites for hydroxylation is 1. The SMILES string of the molecule is CCCCSc1ccc(CO)cc1C. The van der Waals surface area contributed by atoms with Gasteiger partial charge in [0, 0.05) is 4.90 Å². The molecule has 0 heterocycles. The highest BCUT2D eigenvalue weighted by Crippen LogP contribution is 2.24. The van der Waals surface area contributed by atoms with Gasteiger partial charge in [-0.15, -0.1) is 11.8 Å². The summed E-state index contributed by atoms with van der Waals surface area (Å²) in [5, 5.41) is 8.96. The Morgan fingerprint density at radius 3 is 2.71 bits per heavy atom. The minimum Gasteiger partial charge on any atom is -0.392 e. The van der Waals surface area contributed by atoms with Crippen molar-refractivity contribution in [1.29, 1.82) is 0 Å². The Bertz CT molecular complexity index is 284. The maximum Gasteiger partial charge on any atom is 0.0681 e. The van der Waals surface area contributed by atoms with Crippen LogP contribution in [0.1, 0.15) is 30.9 Å². The third-order valence-corrected chi connectivity index (χ3v) is 3.44. The van der Waals surface area contributed by atoms with Gasteiger partial charge in [-0.2, -0.15) is 0 Å². The molecule has 0 fully saturated rings. The molecule has 0 aliphatic heterocycles. The fourth-order valence-corrected chi connectivity index (χ4v) is 2.40. The molecule has 0 atom stereocenters. The first-order valence-electron chi connectivity index (χ1n) is 5.11. The van der Waals surface area contributed by atoms with Crippen LogP contribution in [0.3, 0.4) is 0 Å². The second kappa shape index (κ2) is 6.10. The van der Waals surface area contributed by atoms with Crippen LogP contribution in [0.2, 0.25) is 0 Å². The predicted molar refractivity (Wildman–Crippen MR) is 62.7 cm³/mol. The second-order valence-electron chi connectivity index (χ2n) is 3.46. The fraction of sp³-hybridized carbons (Fsp3) is 0.500. The molecule has 0 aliphatic rings. The summed E-state index contributed by atoms with van der Waals surface area (Å²) in [6, 6.07) is 6.18. The van der Waals surface area contributed by atoms with E-state index in [1.807, 2.05) is 17.8 Å². The summed E-state index contributed by atoms with van der Waals surface area (Å²) in [4.78, 5) is 1.34. The van der Waals surface area contributed by atoms with Crippen LogP contribution in [0.15, 0.2) is 23.1 Å². The molecule has 1 N–H and O–H groups in total. The number of unbranched alkanes of at least 4 members (excludes halogenated alkanes) is 1. The molecule has 0 radical (unpaired) electrons. The van der Waals surface area contributed by atoms with Gasteiger partial charge in [-0.05, 0) is 36.3 Å². The molecule has 0 saturated carbocycles. The third kappa shape index (κ3) is 3.35. The maximum atomic E-state index is 8.96.